The van der Waals surface area contributed by atoms with E-state index in [0.717, 1.165) is 20.0 Å². The average molecular weight is 485 g/mol. The number of ether oxygens (including phenoxy) is 1. The molecule has 3 aromatic rings. The minimum atomic E-state index is -4.47. The Labute approximate surface area is 191 Å². The topological polar surface area (TPSA) is 64.1 Å². The molecular formula is C23H21F6N3O2. The molecule has 1 atom stereocenters. The predicted molar refractivity (Wildman–Crippen MR) is 112 cm³/mol. The summed E-state index contributed by atoms with van der Waals surface area (Å²) < 4.78 is 81.2. The van der Waals surface area contributed by atoms with Crippen molar-refractivity contribution in [3.8, 4) is 5.75 Å². The molecule has 1 aromatic carbocycles. The Kier molecular flexibility index (Phi) is 6.77. The number of hydrogen-bond acceptors (Lipinski definition) is 4. The van der Waals surface area contributed by atoms with E-state index in [4.69, 9.17) is 0 Å². The lowest BCUT2D eigenvalue weighted by molar-refractivity contribution is -0.181. The number of fused-ring (bicyclic) bond motifs is 1. The minimum Gasteiger partial charge on any atom is -0.483 e. The average Bonchev–Trinajstić information content (AvgIpc) is 2.76. The first-order valence-electron chi connectivity index (χ1n) is 10.1. The zero-order chi connectivity index (χ0) is 25.3. The lowest BCUT2D eigenvalue weighted by Gasteiger charge is -2.27. The molecular weight excluding hydrogens is 464 g/mol. The van der Waals surface area contributed by atoms with Crippen LogP contribution in [0.2, 0.25) is 0 Å². The summed E-state index contributed by atoms with van der Waals surface area (Å²) in [7, 11) is 0. The van der Waals surface area contributed by atoms with Crippen molar-refractivity contribution < 1.29 is 35.9 Å². The van der Waals surface area contributed by atoms with Crippen LogP contribution in [0.3, 0.4) is 0 Å². The molecule has 0 radical (unpaired) electrons. The van der Waals surface area contributed by atoms with E-state index in [2.05, 4.69) is 20.0 Å². The standard InChI is InChI=1S/C23H21F6N3O2/c1-13(17-8-6-16(11-30-17)34-12-22(24,25)26)31-20(33)15-4-7-18-14(10-15)5-9-19(32-18)21(2,3)23(27,28)29/h4-11,13H,12H2,1-3H3,(H,31,33)/t13-/m1/s1. The predicted octanol–water partition coefficient (Wildman–Crippen LogP) is 5.90. The molecule has 0 aliphatic carbocycles. The van der Waals surface area contributed by atoms with Crippen molar-refractivity contribution in [1.82, 2.24) is 15.3 Å². The van der Waals surface area contributed by atoms with E-state index in [0.29, 0.717) is 16.6 Å². The summed E-state index contributed by atoms with van der Waals surface area (Å²) in [5, 5.41) is 3.21. The van der Waals surface area contributed by atoms with Crippen LogP contribution in [-0.4, -0.2) is 34.8 Å². The quantitative estimate of drug-likeness (QED) is 0.442. The Balaban J connectivity index is 1.71. The minimum absolute atomic E-state index is 0.0605. The first-order valence-corrected chi connectivity index (χ1v) is 10.1. The Morgan fingerprint density at radius 3 is 2.32 bits per heavy atom. The van der Waals surface area contributed by atoms with Gasteiger partial charge in [-0.15, -0.1) is 0 Å². The molecule has 2 aromatic heterocycles. The highest BCUT2D eigenvalue weighted by atomic mass is 19.4. The maximum absolute atomic E-state index is 13.3. The van der Waals surface area contributed by atoms with Crippen molar-refractivity contribution in [1.29, 1.82) is 0 Å². The number of aromatic nitrogens is 2. The van der Waals surface area contributed by atoms with Crippen LogP contribution in [-0.2, 0) is 5.41 Å². The fourth-order valence-corrected chi connectivity index (χ4v) is 3.01. The zero-order valence-corrected chi connectivity index (χ0v) is 18.4. The van der Waals surface area contributed by atoms with Crippen molar-refractivity contribution in [3.63, 3.8) is 0 Å². The Morgan fingerprint density at radius 1 is 1.03 bits per heavy atom. The molecule has 0 aliphatic heterocycles. The molecule has 2 heterocycles. The number of rotatable bonds is 6. The first-order chi connectivity index (χ1) is 15.7. The van der Waals surface area contributed by atoms with Gasteiger partial charge in [0.25, 0.3) is 5.91 Å². The molecule has 1 N–H and O–H groups in total. The van der Waals surface area contributed by atoms with Gasteiger partial charge in [-0.25, -0.2) is 0 Å². The van der Waals surface area contributed by atoms with Crippen LogP contribution >= 0.6 is 0 Å². The number of carbonyl (C=O) groups is 1. The number of nitrogens with one attached hydrogen (secondary N) is 1. The highest BCUT2D eigenvalue weighted by Crippen LogP contribution is 2.40. The third-order valence-electron chi connectivity index (χ3n) is 5.25. The summed E-state index contributed by atoms with van der Waals surface area (Å²) in [4.78, 5) is 20.8. The number of carbonyl (C=O) groups excluding carboxylic acids is 1. The van der Waals surface area contributed by atoms with Gasteiger partial charge in [-0.1, -0.05) is 6.07 Å². The van der Waals surface area contributed by atoms with Crippen molar-refractivity contribution in [2.24, 2.45) is 0 Å². The van der Waals surface area contributed by atoms with E-state index in [9.17, 15) is 31.1 Å². The summed E-state index contributed by atoms with van der Waals surface area (Å²) >= 11 is 0. The lowest BCUT2D eigenvalue weighted by atomic mass is 9.87. The number of amides is 1. The van der Waals surface area contributed by atoms with Crippen LogP contribution in [0.1, 0.15) is 48.6 Å². The van der Waals surface area contributed by atoms with Crippen LogP contribution in [0.5, 0.6) is 5.75 Å². The third kappa shape index (κ3) is 5.75. The van der Waals surface area contributed by atoms with E-state index in [1.165, 1.54) is 42.5 Å². The van der Waals surface area contributed by atoms with E-state index in [-0.39, 0.29) is 17.0 Å². The highest BCUT2D eigenvalue weighted by molar-refractivity contribution is 5.98. The smallest absolute Gasteiger partial charge is 0.422 e. The molecule has 0 saturated heterocycles. The number of alkyl halides is 6. The molecule has 0 fully saturated rings. The maximum atomic E-state index is 13.3. The number of nitrogens with zero attached hydrogens (tertiary/aromatic N) is 2. The molecule has 0 bridgehead atoms. The van der Waals surface area contributed by atoms with Gasteiger partial charge >= 0.3 is 12.4 Å². The van der Waals surface area contributed by atoms with Gasteiger partial charge < -0.3 is 10.1 Å². The Hall–Kier alpha value is -3.37. The molecule has 0 saturated carbocycles. The summed E-state index contributed by atoms with van der Waals surface area (Å²) in [5.41, 5.74) is -1.29. The Morgan fingerprint density at radius 2 is 1.74 bits per heavy atom. The van der Waals surface area contributed by atoms with E-state index in [1.54, 1.807) is 6.92 Å². The molecule has 182 valence electrons. The lowest BCUT2D eigenvalue weighted by Crippen LogP contribution is -2.37. The van der Waals surface area contributed by atoms with Gasteiger partial charge in [0.1, 0.15) is 11.2 Å². The molecule has 3 rings (SSSR count). The summed E-state index contributed by atoms with van der Waals surface area (Å²) in [6, 6.07) is 9.37. The summed E-state index contributed by atoms with van der Waals surface area (Å²) in [6.07, 6.45) is -7.81. The molecule has 0 unspecified atom stereocenters. The second-order valence-corrected chi connectivity index (χ2v) is 8.24. The molecule has 34 heavy (non-hydrogen) atoms. The Bertz CT molecular complexity index is 1170. The van der Waals surface area contributed by atoms with E-state index >= 15 is 0 Å². The second kappa shape index (κ2) is 9.11. The van der Waals surface area contributed by atoms with E-state index in [1.807, 2.05) is 0 Å². The molecule has 1 amide bonds. The van der Waals surface area contributed by atoms with Gasteiger partial charge in [-0.05, 0) is 57.2 Å². The van der Waals surface area contributed by atoms with Crippen molar-refractivity contribution in [2.75, 3.05) is 6.61 Å². The van der Waals surface area contributed by atoms with Gasteiger partial charge in [0, 0.05) is 10.9 Å². The summed E-state index contributed by atoms with van der Waals surface area (Å²) in [6.45, 7) is 2.30. The highest BCUT2D eigenvalue weighted by Gasteiger charge is 2.49. The van der Waals surface area contributed by atoms with Gasteiger partial charge in [-0.2, -0.15) is 26.3 Å². The van der Waals surface area contributed by atoms with Crippen molar-refractivity contribution in [2.45, 2.75) is 44.6 Å². The molecule has 0 spiro atoms. The molecule has 5 nitrogen and oxygen atoms in total. The van der Waals surface area contributed by atoms with Crippen LogP contribution in [0.25, 0.3) is 10.9 Å². The van der Waals surface area contributed by atoms with Crippen LogP contribution < -0.4 is 10.1 Å². The summed E-state index contributed by atoms with van der Waals surface area (Å²) in [5.74, 6) is -0.525. The monoisotopic (exact) mass is 485 g/mol. The zero-order valence-electron chi connectivity index (χ0n) is 18.4. The van der Waals surface area contributed by atoms with Gasteiger partial charge in [0.05, 0.1) is 29.1 Å². The largest absolute Gasteiger partial charge is 0.483 e. The van der Waals surface area contributed by atoms with Gasteiger partial charge in [-0.3, -0.25) is 14.8 Å². The molecule has 11 heteroatoms. The van der Waals surface area contributed by atoms with Crippen molar-refractivity contribution >= 4 is 16.8 Å². The first kappa shape index (κ1) is 25.3. The number of pyridine rings is 2. The fourth-order valence-electron chi connectivity index (χ4n) is 3.01. The van der Waals surface area contributed by atoms with Crippen LogP contribution in [0.4, 0.5) is 26.3 Å². The SMILES string of the molecule is C[C@@H](NC(=O)c1ccc2nc(C(C)(C)C(F)(F)F)ccc2c1)c1ccc(OCC(F)(F)F)cn1. The van der Waals surface area contributed by atoms with Gasteiger partial charge in [0.15, 0.2) is 6.61 Å². The normalized spacial score (nSPS) is 13.6. The third-order valence-corrected chi connectivity index (χ3v) is 5.25. The maximum Gasteiger partial charge on any atom is 0.422 e. The van der Waals surface area contributed by atoms with Crippen LogP contribution in [0.15, 0.2) is 48.7 Å². The van der Waals surface area contributed by atoms with Gasteiger partial charge in [0.2, 0.25) is 0 Å². The number of hydrogen-bond donors (Lipinski definition) is 1. The molecule has 0 aliphatic rings. The van der Waals surface area contributed by atoms with Crippen LogP contribution in [0, 0.1) is 0 Å². The number of benzene rings is 1. The van der Waals surface area contributed by atoms with E-state index < -0.39 is 36.3 Å². The second-order valence-electron chi connectivity index (χ2n) is 8.24. The number of halogens is 6. The van der Waals surface area contributed by atoms with Crippen molar-refractivity contribution in [3.05, 3.63) is 65.6 Å². The fraction of sp³-hybridized carbons (Fsp3) is 0.348.